The smallest absolute Gasteiger partial charge is 0.212 e. The van der Waals surface area contributed by atoms with Gasteiger partial charge in [0.25, 0.3) is 0 Å². The number of fused-ring (bicyclic) bond motifs is 3. The molecule has 2 atom stereocenters. The van der Waals surface area contributed by atoms with Crippen molar-refractivity contribution >= 4 is 17.1 Å². The molecule has 1 aliphatic carbocycles. The van der Waals surface area contributed by atoms with E-state index in [0.717, 1.165) is 55.0 Å². The Kier molecular flexibility index (Phi) is 7.59. The molecule has 1 saturated carbocycles. The number of methoxy groups -OCH3 is 1. The van der Waals surface area contributed by atoms with Crippen molar-refractivity contribution < 1.29 is 14.3 Å². The van der Waals surface area contributed by atoms with E-state index in [2.05, 4.69) is 37.1 Å². The number of nitrogens with zero attached hydrogens (tertiary/aromatic N) is 10. The maximum Gasteiger partial charge on any atom is 0.212 e. The molecule has 0 aromatic carbocycles. The number of Topliss-reactive ketones (excluding diaryl/α,β-unsaturated/α-hetero) is 1. The molecule has 13 heteroatoms. The molecule has 2 bridgehead atoms. The predicted octanol–water partition coefficient (Wildman–Crippen LogP) is 3.70. The summed E-state index contributed by atoms with van der Waals surface area (Å²) in [5.41, 5.74) is 5.20. The maximum absolute atomic E-state index is 11.7. The molecule has 7 heterocycles. The number of morpholine rings is 1. The van der Waals surface area contributed by atoms with Crippen molar-refractivity contribution in [2.45, 2.75) is 50.4 Å². The molecular weight excluding hydrogens is 596 g/mol. The number of carbonyl (C=O) groups excluding carboxylic acids is 1. The molecule has 8 rings (SSSR count). The minimum atomic E-state index is 0.198. The summed E-state index contributed by atoms with van der Waals surface area (Å²) in [6.07, 6.45) is 13.7. The van der Waals surface area contributed by atoms with Crippen LogP contribution in [-0.4, -0.2) is 90.5 Å². The Morgan fingerprint density at radius 3 is 2.47 bits per heavy atom. The molecule has 5 aromatic heterocycles. The zero-order valence-electron chi connectivity index (χ0n) is 26.1. The standard InChI is InChI=1S/C34H34N10O3/c1-46-32-9-2-22(11-37-32)15-42-27-17-41(18-28(42)21-47-20-27)31-8-3-23(12-36-31)33-34-24(10-35)13-39-44(34)19-30(40-33)25-14-38-43(16-25)26-4-6-29(45)7-5-26/h2-3,8-9,11-14,16,19,26-28H,4-7,15,17-18,20-21H2,1H3/t27-,28+. The fourth-order valence-corrected chi connectivity index (χ4v) is 7.02. The van der Waals surface area contributed by atoms with Crippen molar-refractivity contribution in [2.24, 2.45) is 0 Å². The Labute approximate surface area is 271 Å². The zero-order chi connectivity index (χ0) is 31.9. The molecule has 47 heavy (non-hydrogen) atoms. The monoisotopic (exact) mass is 630 g/mol. The van der Waals surface area contributed by atoms with E-state index in [4.69, 9.17) is 19.4 Å². The molecule has 2 aliphatic heterocycles. The molecule has 5 aromatic rings. The van der Waals surface area contributed by atoms with Gasteiger partial charge in [-0.2, -0.15) is 15.5 Å². The number of piperazine rings is 1. The summed E-state index contributed by atoms with van der Waals surface area (Å²) in [5.74, 6) is 1.82. The van der Waals surface area contributed by atoms with Gasteiger partial charge in [-0.05, 0) is 30.5 Å². The topological polar surface area (TPSA) is 140 Å². The van der Waals surface area contributed by atoms with Crippen LogP contribution in [-0.2, 0) is 16.1 Å². The highest BCUT2D eigenvalue weighted by Crippen LogP contribution is 2.32. The summed E-state index contributed by atoms with van der Waals surface area (Å²) in [4.78, 5) is 30.9. The Balaban J connectivity index is 1.05. The zero-order valence-corrected chi connectivity index (χ0v) is 26.1. The fraction of sp³-hybridized carbons (Fsp3) is 0.382. The van der Waals surface area contributed by atoms with E-state index in [0.29, 0.717) is 60.2 Å². The van der Waals surface area contributed by atoms with E-state index in [1.807, 2.05) is 47.7 Å². The van der Waals surface area contributed by atoms with Crippen LogP contribution in [0.1, 0.15) is 42.9 Å². The number of hydrogen-bond acceptors (Lipinski definition) is 11. The molecule has 0 spiro atoms. The normalized spacial score (nSPS) is 20.4. The van der Waals surface area contributed by atoms with Gasteiger partial charge in [-0.25, -0.2) is 19.5 Å². The summed E-state index contributed by atoms with van der Waals surface area (Å²) in [7, 11) is 1.62. The summed E-state index contributed by atoms with van der Waals surface area (Å²) >= 11 is 0. The van der Waals surface area contributed by atoms with Crippen LogP contribution in [0.2, 0.25) is 0 Å². The van der Waals surface area contributed by atoms with Crippen LogP contribution in [0.3, 0.4) is 0 Å². The number of anilines is 1. The number of aromatic nitrogens is 7. The Bertz CT molecular complexity index is 1940. The van der Waals surface area contributed by atoms with Crippen molar-refractivity contribution in [3.05, 3.63) is 72.6 Å². The van der Waals surface area contributed by atoms with Gasteiger partial charge in [-0.3, -0.25) is 14.4 Å². The van der Waals surface area contributed by atoms with E-state index in [-0.39, 0.29) is 18.1 Å². The van der Waals surface area contributed by atoms with Crippen LogP contribution < -0.4 is 9.64 Å². The lowest BCUT2D eigenvalue weighted by molar-refractivity contribution is -0.120. The van der Waals surface area contributed by atoms with Gasteiger partial charge in [-0.1, -0.05) is 6.07 Å². The van der Waals surface area contributed by atoms with E-state index in [1.165, 1.54) is 0 Å². The van der Waals surface area contributed by atoms with Crippen LogP contribution in [0.15, 0.2) is 61.4 Å². The van der Waals surface area contributed by atoms with Gasteiger partial charge in [0.15, 0.2) is 0 Å². The lowest BCUT2D eigenvalue weighted by Gasteiger charge is -2.50. The largest absolute Gasteiger partial charge is 0.481 e. The number of nitriles is 1. The molecular formula is C34H34N10O3. The Hall–Kier alpha value is -5.19. The first-order valence-corrected chi connectivity index (χ1v) is 15.9. The number of ether oxygens (including phenoxy) is 2. The number of hydrogen-bond donors (Lipinski definition) is 0. The van der Waals surface area contributed by atoms with Crippen LogP contribution in [0.4, 0.5) is 5.82 Å². The highest BCUT2D eigenvalue weighted by atomic mass is 16.5. The van der Waals surface area contributed by atoms with Crippen molar-refractivity contribution in [1.29, 1.82) is 5.26 Å². The molecule has 0 amide bonds. The van der Waals surface area contributed by atoms with Gasteiger partial charge in [-0.15, -0.1) is 0 Å². The number of carbonyl (C=O) groups is 1. The van der Waals surface area contributed by atoms with E-state index >= 15 is 0 Å². The predicted molar refractivity (Wildman–Crippen MR) is 172 cm³/mol. The molecule has 3 aliphatic rings. The van der Waals surface area contributed by atoms with Crippen molar-refractivity contribution in [1.82, 2.24) is 39.2 Å². The van der Waals surface area contributed by atoms with E-state index in [1.54, 1.807) is 24.0 Å². The summed E-state index contributed by atoms with van der Waals surface area (Å²) in [6, 6.07) is 10.9. The molecule has 238 valence electrons. The second kappa shape index (κ2) is 12.2. The second-order valence-corrected chi connectivity index (χ2v) is 12.5. The summed E-state index contributed by atoms with van der Waals surface area (Å²) in [6.45, 7) is 3.73. The molecule has 3 fully saturated rings. The average Bonchev–Trinajstić information content (AvgIpc) is 3.77. The van der Waals surface area contributed by atoms with Gasteiger partial charge in [0.05, 0.1) is 68.4 Å². The van der Waals surface area contributed by atoms with Gasteiger partial charge >= 0.3 is 0 Å². The lowest BCUT2D eigenvalue weighted by Crippen LogP contribution is -2.64. The maximum atomic E-state index is 11.7. The number of ketones is 1. The molecule has 2 saturated heterocycles. The first-order valence-electron chi connectivity index (χ1n) is 15.9. The fourth-order valence-electron chi connectivity index (χ4n) is 7.02. The van der Waals surface area contributed by atoms with Crippen LogP contribution in [0.25, 0.3) is 28.0 Å². The van der Waals surface area contributed by atoms with Gasteiger partial charge < -0.3 is 14.4 Å². The number of rotatable bonds is 7. The third-order valence-corrected chi connectivity index (χ3v) is 9.54. The lowest BCUT2D eigenvalue weighted by atomic mass is 9.94. The minimum Gasteiger partial charge on any atom is -0.481 e. The first-order chi connectivity index (χ1) is 23.1. The molecule has 13 nitrogen and oxygen atoms in total. The quantitative estimate of drug-likeness (QED) is 0.260. The molecule has 0 unspecified atom stereocenters. The highest BCUT2D eigenvalue weighted by Gasteiger charge is 2.38. The van der Waals surface area contributed by atoms with Gasteiger partial charge in [0.2, 0.25) is 5.88 Å². The first kappa shape index (κ1) is 29.2. The average molecular weight is 631 g/mol. The Morgan fingerprint density at radius 1 is 0.936 bits per heavy atom. The van der Waals surface area contributed by atoms with E-state index < -0.39 is 0 Å². The third kappa shape index (κ3) is 5.60. The molecule has 0 N–H and O–H groups in total. The summed E-state index contributed by atoms with van der Waals surface area (Å²) < 4.78 is 14.8. The third-order valence-electron chi connectivity index (χ3n) is 9.54. The number of pyridine rings is 2. The van der Waals surface area contributed by atoms with Gasteiger partial charge in [0, 0.05) is 68.3 Å². The van der Waals surface area contributed by atoms with Crippen LogP contribution >= 0.6 is 0 Å². The van der Waals surface area contributed by atoms with E-state index in [9.17, 15) is 10.1 Å². The second-order valence-electron chi connectivity index (χ2n) is 12.5. The Morgan fingerprint density at radius 2 is 1.77 bits per heavy atom. The summed E-state index contributed by atoms with van der Waals surface area (Å²) in [5, 5.41) is 18.9. The van der Waals surface area contributed by atoms with Crippen LogP contribution in [0, 0.1) is 11.3 Å². The van der Waals surface area contributed by atoms with Crippen LogP contribution in [0.5, 0.6) is 5.88 Å². The molecule has 0 radical (unpaired) electrons. The van der Waals surface area contributed by atoms with Gasteiger partial charge in [0.1, 0.15) is 28.8 Å². The SMILES string of the molecule is COc1ccc(CN2[C@@H]3COC[C@H]2CN(c2ccc(-c4nc(-c5cnn(C6CCC(=O)CC6)c5)cn5ncc(C#N)c45)cn2)C3)cn1. The highest BCUT2D eigenvalue weighted by molar-refractivity contribution is 5.83. The van der Waals surface area contributed by atoms with Crippen molar-refractivity contribution in [2.75, 3.05) is 38.3 Å². The minimum absolute atomic E-state index is 0.198. The van der Waals surface area contributed by atoms with Crippen molar-refractivity contribution in [3.8, 4) is 34.5 Å². The van der Waals surface area contributed by atoms with Crippen molar-refractivity contribution in [3.63, 3.8) is 0 Å².